The number of nitrogens with zero attached hydrogens (tertiary/aromatic N) is 1. The van der Waals surface area contributed by atoms with Crippen molar-refractivity contribution in [3.8, 4) is 0 Å². The molecule has 4 nitrogen and oxygen atoms in total. The van der Waals surface area contributed by atoms with Crippen LogP contribution < -0.4 is 5.32 Å². The molecule has 1 aromatic rings. The molecule has 76 valence electrons. The van der Waals surface area contributed by atoms with Crippen molar-refractivity contribution in [3.05, 3.63) is 22.3 Å². The molecule has 0 bridgehead atoms. The molecule has 0 radical (unpaired) electrons. The van der Waals surface area contributed by atoms with Gasteiger partial charge >= 0.3 is 0 Å². The lowest BCUT2D eigenvalue weighted by molar-refractivity contribution is -0.119. The van der Waals surface area contributed by atoms with Crippen molar-refractivity contribution in [1.29, 1.82) is 0 Å². The average Bonchev–Trinajstić information content (AvgIpc) is 2.12. The SMILES string of the molecule is COCC(=O)Nc1cc(Cl)c(Cl)cn1. The van der Waals surface area contributed by atoms with E-state index in [4.69, 9.17) is 23.2 Å². The quantitative estimate of drug-likeness (QED) is 0.871. The summed E-state index contributed by atoms with van der Waals surface area (Å²) >= 11 is 11.4. The highest BCUT2D eigenvalue weighted by Crippen LogP contribution is 2.22. The lowest BCUT2D eigenvalue weighted by Crippen LogP contribution is -2.17. The maximum absolute atomic E-state index is 11.1. The van der Waals surface area contributed by atoms with Gasteiger partial charge in [0.15, 0.2) is 0 Å². The highest BCUT2D eigenvalue weighted by atomic mass is 35.5. The number of aromatic nitrogens is 1. The van der Waals surface area contributed by atoms with Crippen LogP contribution >= 0.6 is 23.2 Å². The molecule has 1 heterocycles. The average molecular weight is 235 g/mol. The Morgan fingerprint density at radius 3 is 2.86 bits per heavy atom. The summed E-state index contributed by atoms with van der Waals surface area (Å²) in [7, 11) is 1.43. The van der Waals surface area contributed by atoms with Crippen LogP contribution in [0.15, 0.2) is 12.3 Å². The number of pyridine rings is 1. The topological polar surface area (TPSA) is 51.2 Å². The zero-order chi connectivity index (χ0) is 10.6. The number of rotatable bonds is 3. The number of anilines is 1. The normalized spacial score (nSPS) is 9.93. The van der Waals surface area contributed by atoms with E-state index in [1.807, 2.05) is 0 Å². The van der Waals surface area contributed by atoms with E-state index in [1.54, 1.807) is 0 Å². The number of carbonyl (C=O) groups is 1. The fourth-order valence-electron chi connectivity index (χ4n) is 0.793. The van der Waals surface area contributed by atoms with E-state index in [0.717, 1.165) is 0 Å². The van der Waals surface area contributed by atoms with Crippen molar-refractivity contribution < 1.29 is 9.53 Å². The molecular weight excluding hydrogens is 227 g/mol. The second-order valence-corrected chi connectivity index (χ2v) is 3.28. The molecule has 0 atom stereocenters. The van der Waals surface area contributed by atoms with Crippen LogP contribution in [0, 0.1) is 0 Å². The first kappa shape index (κ1) is 11.2. The standard InChI is InChI=1S/C8H8Cl2N2O2/c1-14-4-8(13)12-7-2-5(9)6(10)3-11-7/h2-3H,4H2,1H3,(H,11,12,13). The Hall–Kier alpha value is -0.840. The number of hydrogen-bond acceptors (Lipinski definition) is 3. The fraction of sp³-hybridized carbons (Fsp3) is 0.250. The number of nitrogens with one attached hydrogen (secondary N) is 1. The first-order chi connectivity index (χ1) is 6.63. The van der Waals surface area contributed by atoms with Gasteiger partial charge in [-0.25, -0.2) is 4.98 Å². The molecule has 0 saturated carbocycles. The van der Waals surface area contributed by atoms with E-state index < -0.39 is 0 Å². The van der Waals surface area contributed by atoms with Crippen molar-refractivity contribution in [3.63, 3.8) is 0 Å². The number of halogens is 2. The molecule has 0 aliphatic carbocycles. The fourth-order valence-corrected chi connectivity index (χ4v) is 1.05. The smallest absolute Gasteiger partial charge is 0.251 e. The molecule has 0 unspecified atom stereocenters. The molecule has 0 aliphatic heterocycles. The van der Waals surface area contributed by atoms with E-state index in [2.05, 4.69) is 15.0 Å². The summed E-state index contributed by atoms with van der Waals surface area (Å²) < 4.78 is 4.63. The predicted octanol–water partition coefficient (Wildman–Crippen LogP) is 1.97. The lowest BCUT2D eigenvalue weighted by Gasteiger charge is -2.03. The summed E-state index contributed by atoms with van der Waals surface area (Å²) in [4.78, 5) is 14.9. The summed E-state index contributed by atoms with van der Waals surface area (Å²) in [5.74, 6) is 0.0554. The van der Waals surface area contributed by atoms with Crippen LogP contribution in [-0.2, 0) is 9.53 Å². The van der Waals surface area contributed by atoms with Gasteiger partial charge in [0, 0.05) is 19.4 Å². The molecule has 14 heavy (non-hydrogen) atoms. The number of hydrogen-bond donors (Lipinski definition) is 1. The third-order valence-electron chi connectivity index (χ3n) is 1.35. The van der Waals surface area contributed by atoms with Gasteiger partial charge in [-0.2, -0.15) is 0 Å². The van der Waals surface area contributed by atoms with Crippen molar-refractivity contribution in [2.75, 3.05) is 19.0 Å². The zero-order valence-corrected chi connectivity index (χ0v) is 8.89. The van der Waals surface area contributed by atoms with E-state index in [9.17, 15) is 4.79 Å². The molecule has 6 heteroatoms. The Morgan fingerprint density at radius 1 is 1.57 bits per heavy atom. The summed E-state index contributed by atoms with van der Waals surface area (Å²) in [6, 6.07) is 1.47. The molecule has 0 fully saturated rings. The van der Waals surface area contributed by atoms with Crippen molar-refractivity contribution in [2.24, 2.45) is 0 Å². The summed E-state index contributed by atoms with van der Waals surface area (Å²) in [5.41, 5.74) is 0. The van der Waals surface area contributed by atoms with Gasteiger partial charge in [0.2, 0.25) is 0 Å². The van der Waals surface area contributed by atoms with Gasteiger partial charge in [-0.05, 0) is 0 Å². The second-order valence-electron chi connectivity index (χ2n) is 2.46. The van der Waals surface area contributed by atoms with Gasteiger partial charge in [-0.3, -0.25) is 4.79 Å². The molecule has 0 aliphatic rings. The Labute approximate surface area is 91.2 Å². The Kier molecular flexibility index (Phi) is 4.13. The predicted molar refractivity (Wildman–Crippen MR) is 54.8 cm³/mol. The van der Waals surface area contributed by atoms with Crippen LogP contribution in [0.25, 0.3) is 0 Å². The van der Waals surface area contributed by atoms with Crippen molar-refractivity contribution in [2.45, 2.75) is 0 Å². The maximum Gasteiger partial charge on any atom is 0.251 e. The molecule has 1 aromatic heterocycles. The van der Waals surface area contributed by atoms with E-state index in [-0.39, 0.29) is 12.5 Å². The lowest BCUT2D eigenvalue weighted by atomic mass is 10.4. The number of ether oxygens (including phenoxy) is 1. The van der Waals surface area contributed by atoms with Crippen LogP contribution in [0.4, 0.5) is 5.82 Å². The largest absolute Gasteiger partial charge is 0.375 e. The molecule has 1 rings (SSSR count). The van der Waals surface area contributed by atoms with E-state index in [1.165, 1.54) is 19.4 Å². The molecular formula is C8H8Cl2N2O2. The van der Waals surface area contributed by atoms with Crippen molar-refractivity contribution >= 4 is 34.9 Å². The Balaban J connectivity index is 2.68. The first-order valence-electron chi connectivity index (χ1n) is 3.73. The minimum atomic E-state index is -0.293. The second kappa shape index (κ2) is 5.14. The van der Waals surface area contributed by atoms with Gasteiger partial charge in [0.1, 0.15) is 12.4 Å². The summed E-state index contributed by atoms with van der Waals surface area (Å²) in [5, 5.41) is 3.18. The summed E-state index contributed by atoms with van der Waals surface area (Å²) in [6.07, 6.45) is 1.37. The monoisotopic (exact) mass is 234 g/mol. The molecule has 0 aromatic carbocycles. The highest BCUT2D eigenvalue weighted by molar-refractivity contribution is 6.42. The zero-order valence-electron chi connectivity index (χ0n) is 7.38. The highest BCUT2D eigenvalue weighted by Gasteiger charge is 2.04. The van der Waals surface area contributed by atoms with Crippen LogP contribution in [0.5, 0.6) is 0 Å². The third-order valence-corrected chi connectivity index (χ3v) is 2.06. The van der Waals surface area contributed by atoms with Crippen LogP contribution in [0.3, 0.4) is 0 Å². The Morgan fingerprint density at radius 2 is 2.29 bits per heavy atom. The van der Waals surface area contributed by atoms with E-state index >= 15 is 0 Å². The Bertz CT molecular complexity index is 344. The molecule has 0 spiro atoms. The molecule has 0 saturated heterocycles. The van der Waals surface area contributed by atoms with Crippen LogP contribution in [0.1, 0.15) is 0 Å². The van der Waals surface area contributed by atoms with E-state index in [0.29, 0.717) is 15.9 Å². The number of amides is 1. The molecule has 1 amide bonds. The minimum Gasteiger partial charge on any atom is -0.375 e. The van der Waals surface area contributed by atoms with Crippen LogP contribution in [-0.4, -0.2) is 24.6 Å². The van der Waals surface area contributed by atoms with Gasteiger partial charge < -0.3 is 10.1 Å². The first-order valence-corrected chi connectivity index (χ1v) is 4.49. The van der Waals surface area contributed by atoms with Gasteiger partial charge in [0.05, 0.1) is 10.0 Å². The third kappa shape index (κ3) is 3.14. The maximum atomic E-state index is 11.1. The van der Waals surface area contributed by atoms with Gasteiger partial charge in [-0.1, -0.05) is 23.2 Å². The summed E-state index contributed by atoms with van der Waals surface area (Å²) in [6.45, 7) is -0.0259. The van der Waals surface area contributed by atoms with Gasteiger partial charge in [0.25, 0.3) is 5.91 Å². The molecule has 1 N–H and O–H groups in total. The minimum absolute atomic E-state index is 0.0259. The van der Waals surface area contributed by atoms with Crippen LogP contribution in [0.2, 0.25) is 10.0 Å². The number of carbonyl (C=O) groups excluding carboxylic acids is 1. The number of methoxy groups -OCH3 is 1. The van der Waals surface area contributed by atoms with Crippen molar-refractivity contribution in [1.82, 2.24) is 4.98 Å². The van der Waals surface area contributed by atoms with Gasteiger partial charge in [-0.15, -0.1) is 0 Å².